The Hall–Kier alpha value is -4.33. The molecule has 1 N–H and O–H groups in total. The number of amides is 1. The quantitative estimate of drug-likeness (QED) is 0.492. The Morgan fingerprint density at radius 1 is 0.909 bits per heavy atom. The van der Waals surface area contributed by atoms with E-state index in [0.717, 1.165) is 10.1 Å². The number of carbonyl (C=O) groups is 1. The van der Waals surface area contributed by atoms with Gasteiger partial charge in [0, 0.05) is 11.8 Å². The van der Waals surface area contributed by atoms with Crippen molar-refractivity contribution >= 4 is 22.5 Å². The zero-order chi connectivity index (χ0) is 23.5. The molecule has 0 fully saturated rings. The molecule has 0 unspecified atom stereocenters. The maximum Gasteiger partial charge on any atom is 0.336 e. The van der Waals surface area contributed by atoms with Gasteiger partial charge in [-0.1, -0.05) is 36.4 Å². The van der Waals surface area contributed by atoms with Crippen LogP contribution >= 0.6 is 0 Å². The molecule has 1 aromatic heterocycles. The molecule has 1 amide bonds. The van der Waals surface area contributed by atoms with Crippen LogP contribution in [0.25, 0.3) is 16.6 Å². The number of aromatic nitrogens is 2. The third-order valence-corrected chi connectivity index (χ3v) is 5.38. The number of benzene rings is 3. The minimum Gasteiger partial charge on any atom is -0.493 e. The van der Waals surface area contributed by atoms with Gasteiger partial charge in [0.1, 0.15) is 6.54 Å². The van der Waals surface area contributed by atoms with Crippen LogP contribution in [0.4, 0.5) is 5.69 Å². The molecular weight excluding hydrogens is 422 g/mol. The van der Waals surface area contributed by atoms with E-state index in [-0.39, 0.29) is 17.4 Å². The molecule has 0 saturated heterocycles. The van der Waals surface area contributed by atoms with Crippen molar-refractivity contribution in [1.82, 2.24) is 9.13 Å². The summed E-state index contributed by atoms with van der Waals surface area (Å²) < 4.78 is 13.0. The Labute approximate surface area is 189 Å². The van der Waals surface area contributed by atoms with E-state index >= 15 is 0 Å². The van der Waals surface area contributed by atoms with E-state index in [2.05, 4.69) is 5.32 Å². The van der Waals surface area contributed by atoms with Crippen molar-refractivity contribution in [2.75, 3.05) is 19.5 Å². The van der Waals surface area contributed by atoms with Crippen LogP contribution in [0.5, 0.6) is 11.5 Å². The summed E-state index contributed by atoms with van der Waals surface area (Å²) in [5.41, 5.74) is 1.06. The molecule has 8 heteroatoms. The van der Waals surface area contributed by atoms with Crippen molar-refractivity contribution < 1.29 is 14.3 Å². The zero-order valence-electron chi connectivity index (χ0n) is 18.5. The molecule has 4 rings (SSSR count). The fourth-order valence-corrected chi connectivity index (χ4v) is 3.70. The lowest BCUT2D eigenvalue weighted by molar-refractivity contribution is -0.116. The maximum absolute atomic E-state index is 13.5. The van der Waals surface area contributed by atoms with Crippen molar-refractivity contribution in [2.45, 2.75) is 13.5 Å². The van der Waals surface area contributed by atoms with Crippen molar-refractivity contribution in [1.29, 1.82) is 0 Å². The molecular formula is C25H23N3O5. The number of fused-ring (bicyclic) bond motifs is 1. The third kappa shape index (κ3) is 4.10. The zero-order valence-corrected chi connectivity index (χ0v) is 18.5. The van der Waals surface area contributed by atoms with Gasteiger partial charge in [-0.3, -0.25) is 14.2 Å². The number of para-hydroxylation sites is 2. The minimum atomic E-state index is -0.633. The van der Waals surface area contributed by atoms with Gasteiger partial charge >= 0.3 is 5.69 Å². The van der Waals surface area contributed by atoms with Crippen molar-refractivity contribution in [3.63, 3.8) is 0 Å². The predicted molar refractivity (Wildman–Crippen MR) is 127 cm³/mol. The van der Waals surface area contributed by atoms with Crippen molar-refractivity contribution in [2.24, 2.45) is 0 Å². The first-order valence-corrected chi connectivity index (χ1v) is 10.3. The van der Waals surface area contributed by atoms with Gasteiger partial charge in [-0.2, -0.15) is 0 Å². The predicted octanol–water partition coefficient (Wildman–Crippen LogP) is 3.12. The third-order valence-electron chi connectivity index (χ3n) is 5.38. The average molecular weight is 445 g/mol. The molecule has 0 aliphatic heterocycles. The second-order valence-corrected chi connectivity index (χ2v) is 7.43. The monoisotopic (exact) mass is 445 g/mol. The summed E-state index contributed by atoms with van der Waals surface area (Å²) in [7, 11) is 2.92. The Kier molecular flexibility index (Phi) is 5.99. The maximum atomic E-state index is 13.5. The topological polar surface area (TPSA) is 91.6 Å². The average Bonchev–Trinajstić information content (AvgIpc) is 2.83. The number of ether oxygens (including phenoxy) is 2. The van der Waals surface area contributed by atoms with E-state index < -0.39 is 17.2 Å². The fourth-order valence-electron chi connectivity index (χ4n) is 3.70. The van der Waals surface area contributed by atoms with Crippen LogP contribution in [0.2, 0.25) is 0 Å². The number of anilines is 1. The van der Waals surface area contributed by atoms with Crippen LogP contribution in [0.15, 0.2) is 76.3 Å². The van der Waals surface area contributed by atoms with E-state index in [1.165, 1.54) is 30.9 Å². The first-order valence-electron chi connectivity index (χ1n) is 10.3. The van der Waals surface area contributed by atoms with E-state index in [4.69, 9.17) is 9.47 Å². The van der Waals surface area contributed by atoms with Gasteiger partial charge in [-0.25, -0.2) is 9.36 Å². The number of rotatable bonds is 6. The Morgan fingerprint density at radius 2 is 1.55 bits per heavy atom. The molecule has 168 valence electrons. The summed E-state index contributed by atoms with van der Waals surface area (Å²) in [6.07, 6.45) is 0. The molecule has 33 heavy (non-hydrogen) atoms. The molecule has 0 atom stereocenters. The molecule has 0 saturated carbocycles. The Balaban J connectivity index is 1.93. The van der Waals surface area contributed by atoms with Crippen LogP contribution in [0.3, 0.4) is 0 Å². The molecule has 0 aliphatic carbocycles. The molecule has 1 heterocycles. The van der Waals surface area contributed by atoms with Gasteiger partial charge in [0.05, 0.1) is 30.8 Å². The van der Waals surface area contributed by atoms with Gasteiger partial charge in [0.2, 0.25) is 5.91 Å². The van der Waals surface area contributed by atoms with E-state index in [1.54, 1.807) is 36.4 Å². The van der Waals surface area contributed by atoms with Gasteiger partial charge < -0.3 is 14.8 Å². The molecule has 0 spiro atoms. The van der Waals surface area contributed by atoms with Crippen molar-refractivity contribution in [3.8, 4) is 17.2 Å². The summed E-state index contributed by atoms with van der Waals surface area (Å²) in [5, 5.41) is 3.06. The standard InChI is InChI=1S/C25H23N3O5/c1-16-9-7-8-12-19(16)26-23(29)15-27-20-14-22(33-3)21(32-2)13-18(20)24(30)28(25(27)31)17-10-5-4-6-11-17/h4-14H,15H2,1-3H3,(H,26,29). The number of nitrogens with one attached hydrogen (secondary N) is 1. The second kappa shape index (κ2) is 9.04. The van der Waals surface area contributed by atoms with Gasteiger partial charge in [-0.05, 0) is 36.8 Å². The van der Waals surface area contributed by atoms with Crippen LogP contribution in [-0.2, 0) is 11.3 Å². The van der Waals surface area contributed by atoms with Crippen LogP contribution in [-0.4, -0.2) is 29.3 Å². The fraction of sp³-hybridized carbons (Fsp3) is 0.160. The summed E-state index contributed by atoms with van der Waals surface area (Å²) in [6, 6.07) is 19.0. The lowest BCUT2D eigenvalue weighted by Crippen LogP contribution is -2.40. The molecule has 8 nitrogen and oxygen atoms in total. The smallest absolute Gasteiger partial charge is 0.336 e. The highest BCUT2D eigenvalue weighted by molar-refractivity contribution is 5.92. The first kappa shape index (κ1) is 21.9. The Bertz CT molecular complexity index is 1460. The van der Waals surface area contributed by atoms with E-state index in [0.29, 0.717) is 22.9 Å². The number of nitrogens with zero attached hydrogens (tertiary/aromatic N) is 2. The van der Waals surface area contributed by atoms with Gasteiger partial charge in [0.15, 0.2) is 11.5 Å². The van der Waals surface area contributed by atoms with Gasteiger partial charge in [0.25, 0.3) is 5.56 Å². The lowest BCUT2D eigenvalue weighted by Gasteiger charge is -2.16. The summed E-state index contributed by atoms with van der Waals surface area (Å²) in [5.74, 6) is 0.284. The summed E-state index contributed by atoms with van der Waals surface area (Å²) >= 11 is 0. The van der Waals surface area contributed by atoms with E-state index in [1.807, 2.05) is 25.1 Å². The van der Waals surface area contributed by atoms with Crippen LogP contribution in [0.1, 0.15) is 5.56 Å². The molecule has 4 aromatic rings. The second-order valence-electron chi connectivity index (χ2n) is 7.43. The Morgan fingerprint density at radius 3 is 2.21 bits per heavy atom. The normalized spacial score (nSPS) is 10.8. The van der Waals surface area contributed by atoms with Crippen LogP contribution < -0.4 is 26.0 Å². The largest absolute Gasteiger partial charge is 0.493 e. The number of hydrogen-bond acceptors (Lipinski definition) is 5. The highest BCUT2D eigenvalue weighted by Crippen LogP contribution is 2.30. The molecule has 3 aromatic carbocycles. The number of hydrogen-bond donors (Lipinski definition) is 1. The lowest BCUT2D eigenvalue weighted by atomic mass is 10.2. The highest BCUT2D eigenvalue weighted by atomic mass is 16.5. The first-order chi connectivity index (χ1) is 15.9. The molecule has 0 bridgehead atoms. The molecule has 0 radical (unpaired) electrons. The SMILES string of the molecule is COc1cc2c(=O)n(-c3ccccc3)c(=O)n(CC(=O)Nc3ccccc3C)c2cc1OC. The highest BCUT2D eigenvalue weighted by Gasteiger charge is 2.19. The van der Waals surface area contributed by atoms with Crippen LogP contribution in [0, 0.1) is 6.92 Å². The van der Waals surface area contributed by atoms with E-state index in [9.17, 15) is 14.4 Å². The van der Waals surface area contributed by atoms with Crippen molar-refractivity contribution in [3.05, 3.63) is 93.1 Å². The number of methoxy groups -OCH3 is 2. The minimum absolute atomic E-state index is 0.222. The summed E-state index contributed by atoms with van der Waals surface area (Å²) in [6.45, 7) is 1.58. The molecule has 0 aliphatic rings. The summed E-state index contributed by atoms with van der Waals surface area (Å²) in [4.78, 5) is 39.8. The van der Waals surface area contributed by atoms with Gasteiger partial charge in [-0.15, -0.1) is 0 Å². The number of carbonyl (C=O) groups excluding carboxylic acids is 1. The number of aryl methyl sites for hydroxylation is 1.